The smallest absolute Gasteiger partial charge is 0.241 e. The van der Waals surface area contributed by atoms with E-state index >= 15 is 0 Å². The van der Waals surface area contributed by atoms with Crippen molar-refractivity contribution in [1.29, 1.82) is 0 Å². The second-order valence-electron chi connectivity index (χ2n) is 7.20. The molecule has 2 atom stereocenters. The normalized spacial score (nSPS) is 18.4. The third-order valence-corrected chi connectivity index (χ3v) is 8.41. The molecule has 0 bridgehead atoms. The Hall–Kier alpha value is -2.47. The predicted molar refractivity (Wildman–Crippen MR) is 128 cm³/mol. The number of rotatable bonds is 8. The number of carbonyl (C=O) groups is 2. The van der Waals surface area contributed by atoms with E-state index in [1.165, 1.54) is 26.4 Å². The van der Waals surface area contributed by atoms with Crippen LogP contribution >= 0.6 is 23.4 Å². The number of hydrogen-bond donors (Lipinski definition) is 3. The van der Waals surface area contributed by atoms with Gasteiger partial charge < -0.3 is 20.1 Å². The third kappa shape index (κ3) is 6.11. The second-order valence-corrected chi connectivity index (χ2v) is 10.8. The lowest BCUT2D eigenvalue weighted by atomic mass is 10.2. The largest absolute Gasteiger partial charge is 0.497 e. The molecule has 3 rings (SSSR count). The molecule has 0 aromatic heterocycles. The van der Waals surface area contributed by atoms with Crippen LogP contribution < -0.4 is 25.4 Å². The van der Waals surface area contributed by atoms with Crippen LogP contribution in [0.4, 0.5) is 5.69 Å². The quantitative estimate of drug-likeness (QED) is 0.491. The number of halogens is 1. The van der Waals surface area contributed by atoms with Crippen LogP contribution in [0, 0.1) is 6.92 Å². The Kier molecular flexibility index (Phi) is 8.11. The standard InChI is InChI=1S/C21H24ClN3O6S2/c1-12-4-5-16(9-17(12)22)33(28,29)18-10-23-21(25-20(18)27)32-11-19(26)24-13-6-14(30-2)8-15(7-13)31-3/h4-9,18,21,23H,10-11H2,1-3H3,(H,24,26)(H,25,27). The average molecular weight is 514 g/mol. The number of benzene rings is 2. The van der Waals surface area contributed by atoms with Crippen molar-refractivity contribution in [1.82, 2.24) is 10.6 Å². The molecule has 0 saturated carbocycles. The van der Waals surface area contributed by atoms with E-state index in [-0.39, 0.29) is 23.1 Å². The summed E-state index contributed by atoms with van der Waals surface area (Å²) in [6.45, 7) is 1.67. The van der Waals surface area contributed by atoms with Crippen LogP contribution in [0.2, 0.25) is 5.02 Å². The number of hydrogen-bond acceptors (Lipinski definition) is 8. The summed E-state index contributed by atoms with van der Waals surface area (Å²) in [5.74, 6) is 0.125. The van der Waals surface area contributed by atoms with Gasteiger partial charge in [-0.2, -0.15) is 0 Å². The Morgan fingerprint density at radius 3 is 2.42 bits per heavy atom. The number of sulfone groups is 1. The van der Waals surface area contributed by atoms with Crippen LogP contribution in [0.25, 0.3) is 0 Å². The minimum atomic E-state index is -3.93. The van der Waals surface area contributed by atoms with Gasteiger partial charge in [-0.1, -0.05) is 17.7 Å². The zero-order chi connectivity index (χ0) is 24.2. The van der Waals surface area contributed by atoms with Gasteiger partial charge in [0.25, 0.3) is 0 Å². The van der Waals surface area contributed by atoms with Gasteiger partial charge in [0.1, 0.15) is 17.0 Å². The monoisotopic (exact) mass is 513 g/mol. The van der Waals surface area contributed by atoms with Gasteiger partial charge in [0.05, 0.1) is 24.9 Å². The fourth-order valence-electron chi connectivity index (χ4n) is 3.08. The summed E-state index contributed by atoms with van der Waals surface area (Å²) in [7, 11) is -0.913. The minimum Gasteiger partial charge on any atom is -0.497 e. The highest BCUT2D eigenvalue weighted by molar-refractivity contribution is 8.00. The highest BCUT2D eigenvalue weighted by Gasteiger charge is 2.38. The topological polar surface area (TPSA) is 123 Å². The lowest BCUT2D eigenvalue weighted by molar-refractivity contribution is -0.122. The van der Waals surface area contributed by atoms with Crippen LogP contribution in [0.15, 0.2) is 41.3 Å². The zero-order valence-electron chi connectivity index (χ0n) is 18.2. The van der Waals surface area contributed by atoms with E-state index < -0.39 is 26.5 Å². The van der Waals surface area contributed by atoms with Gasteiger partial charge in [0, 0.05) is 35.5 Å². The molecule has 2 unspecified atom stereocenters. The fraction of sp³-hybridized carbons (Fsp3) is 0.333. The molecule has 33 heavy (non-hydrogen) atoms. The molecule has 0 spiro atoms. The third-order valence-electron chi connectivity index (χ3n) is 4.92. The van der Waals surface area contributed by atoms with Crippen molar-refractivity contribution in [3.05, 3.63) is 47.0 Å². The number of amides is 2. The van der Waals surface area contributed by atoms with Gasteiger partial charge in [0.15, 0.2) is 15.1 Å². The Labute approximate surface area is 201 Å². The average Bonchev–Trinajstić information content (AvgIpc) is 2.78. The van der Waals surface area contributed by atoms with E-state index in [9.17, 15) is 18.0 Å². The number of carbonyl (C=O) groups excluding carboxylic acids is 2. The highest BCUT2D eigenvalue weighted by Crippen LogP contribution is 2.27. The summed E-state index contributed by atoms with van der Waals surface area (Å²) in [6, 6.07) is 9.36. The number of methoxy groups -OCH3 is 2. The molecule has 178 valence electrons. The fourth-order valence-corrected chi connectivity index (χ4v) is 5.66. The number of anilines is 1. The summed E-state index contributed by atoms with van der Waals surface area (Å²) in [6.07, 6.45) is 0. The Morgan fingerprint density at radius 2 is 1.85 bits per heavy atom. The molecule has 1 saturated heterocycles. The van der Waals surface area contributed by atoms with Gasteiger partial charge in [-0.3, -0.25) is 14.9 Å². The van der Waals surface area contributed by atoms with Gasteiger partial charge in [-0.05, 0) is 24.6 Å². The number of ether oxygens (including phenoxy) is 2. The number of thioether (sulfide) groups is 1. The molecule has 1 heterocycles. The van der Waals surface area contributed by atoms with E-state index in [0.717, 1.165) is 17.3 Å². The zero-order valence-corrected chi connectivity index (χ0v) is 20.6. The number of nitrogens with one attached hydrogen (secondary N) is 3. The van der Waals surface area contributed by atoms with E-state index in [1.54, 1.807) is 31.2 Å². The molecule has 0 radical (unpaired) electrons. The first kappa shape index (κ1) is 25.2. The molecule has 1 aliphatic heterocycles. The Bertz CT molecular complexity index is 1140. The first-order valence-electron chi connectivity index (χ1n) is 9.82. The van der Waals surface area contributed by atoms with Crippen LogP contribution in [0.3, 0.4) is 0 Å². The summed E-state index contributed by atoms with van der Waals surface area (Å²) in [4.78, 5) is 24.9. The summed E-state index contributed by atoms with van der Waals surface area (Å²) in [5, 5.41) is 7.31. The Morgan fingerprint density at radius 1 is 1.18 bits per heavy atom. The Balaban J connectivity index is 1.56. The molecule has 1 fully saturated rings. The summed E-state index contributed by atoms with van der Waals surface area (Å²) < 4.78 is 36.1. The van der Waals surface area contributed by atoms with Crippen LogP contribution in [-0.4, -0.2) is 57.5 Å². The van der Waals surface area contributed by atoms with Crippen molar-refractivity contribution in [2.75, 3.05) is 31.8 Å². The van der Waals surface area contributed by atoms with E-state index in [2.05, 4.69) is 16.0 Å². The molecule has 2 amide bonds. The summed E-state index contributed by atoms with van der Waals surface area (Å²) in [5.41, 5.74) is 0.625. The maximum Gasteiger partial charge on any atom is 0.241 e. The molecule has 3 N–H and O–H groups in total. The van der Waals surface area contributed by atoms with E-state index in [0.29, 0.717) is 22.2 Å². The summed E-state index contributed by atoms with van der Waals surface area (Å²) >= 11 is 7.17. The molecule has 12 heteroatoms. The molecule has 2 aromatic rings. The SMILES string of the molecule is COc1cc(NC(=O)CSC2NCC(S(=O)(=O)c3ccc(C)c(Cl)c3)C(=O)N2)cc(OC)c1. The maximum absolute atomic E-state index is 12.9. The first-order chi connectivity index (χ1) is 15.6. The van der Waals surface area contributed by atoms with Crippen molar-refractivity contribution < 1.29 is 27.5 Å². The van der Waals surface area contributed by atoms with Crippen LogP contribution in [0.5, 0.6) is 11.5 Å². The molecule has 1 aliphatic rings. The minimum absolute atomic E-state index is 0.0146. The first-order valence-corrected chi connectivity index (χ1v) is 12.8. The van der Waals surface area contributed by atoms with Crippen LogP contribution in [-0.2, 0) is 19.4 Å². The van der Waals surface area contributed by atoms with Crippen molar-refractivity contribution in [2.45, 2.75) is 22.6 Å². The number of aryl methyl sites for hydroxylation is 1. The van der Waals surface area contributed by atoms with Gasteiger partial charge in [-0.25, -0.2) is 8.42 Å². The van der Waals surface area contributed by atoms with Gasteiger partial charge in [-0.15, -0.1) is 11.8 Å². The van der Waals surface area contributed by atoms with E-state index in [1.807, 2.05) is 0 Å². The molecule has 0 aliphatic carbocycles. The van der Waals surface area contributed by atoms with Gasteiger partial charge in [0.2, 0.25) is 11.8 Å². The molecular formula is C21H24ClN3O6S2. The van der Waals surface area contributed by atoms with E-state index in [4.69, 9.17) is 21.1 Å². The molecular weight excluding hydrogens is 490 g/mol. The maximum atomic E-state index is 12.9. The van der Waals surface area contributed by atoms with Crippen molar-refractivity contribution in [3.8, 4) is 11.5 Å². The highest BCUT2D eigenvalue weighted by atomic mass is 35.5. The molecule has 9 nitrogen and oxygen atoms in total. The van der Waals surface area contributed by atoms with Crippen molar-refractivity contribution in [2.24, 2.45) is 0 Å². The van der Waals surface area contributed by atoms with Crippen molar-refractivity contribution >= 4 is 50.7 Å². The van der Waals surface area contributed by atoms with Gasteiger partial charge >= 0.3 is 0 Å². The molecule has 2 aromatic carbocycles. The van der Waals surface area contributed by atoms with Crippen molar-refractivity contribution in [3.63, 3.8) is 0 Å². The lowest BCUT2D eigenvalue weighted by Gasteiger charge is -2.29. The second kappa shape index (κ2) is 10.6. The predicted octanol–water partition coefficient (Wildman–Crippen LogP) is 2.18. The van der Waals surface area contributed by atoms with Crippen LogP contribution in [0.1, 0.15) is 5.56 Å². The lowest BCUT2D eigenvalue weighted by Crippen LogP contribution is -2.59.